The molecule has 1 saturated heterocycles. The first-order valence-corrected chi connectivity index (χ1v) is 8.60. The first kappa shape index (κ1) is 20.7. The van der Waals surface area contributed by atoms with Gasteiger partial charge in [0.15, 0.2) is 5.65 Å². The fourth-order valence-corrected chi connectivity index (χ4v) is 3.79. The number of halogens is 2. The summed E-state index contributed by atoms with van der Waals surface area (Å²) >= 11 is 0. The van der Waals surface area contributed by atoms with Gasteiger partial charge in [0.25, 0.3) is 11.5 Å². The molecule has 2 aromatic heterocycles. The Morgan fingerprint density at radius 3 is 2.65 bits per heavy atom. The van der Waals surface area contributed by atoms with Crippen molar-refractivity contribution in [2.75, 3.05) is 13.1 Å². The molecular formula is C17H25Cl2N5O2. The number of hydrogen-bond donors (Lipinski definition) is 2. The summed E-state index contributed by atoms with van der Waals surface area (Å²) in [4.78, 5) is 32.0. The molecule has 1 aliphatic heterocycles. The van der Waals surface area contributed by atoms with Crippen LogP contribution in [0.5, 0.6) is 0 Å². The molecule has 26 heavy (non-hydrogen) atoms. The Hall–Kier alpha value is -1.57. The third-order valence-corrected chi connectivity index (χ3v) is 5.32. The minimum atomic E-state index is -0.257. The zero-order chi connectivity index (χ0) is 17.0. The van der Waals surface area contributed by atoms with Crippen LogP contribution in [-0.4, -0.2) is 44.7 Å². The monoisotopic (exact) mass is 401 g/mol. The number of aromatic nitrogens is 3. The quantitative estimate of drug-likeness (QED) is 0.818. The number of rotatable bonds is 3. The highest BCUT2D eigenvalue weighted by molar-refractivity contribution is 6.05. The van der Waals surface area contributed by atoms with Gasteiger partial charge >= 0.3 is 0 Å². The Bertz CT molecular complexity index is 874. The molecule has 4 rings (SSSR count). The van der Waals surface area contributed by atoms with Gasteiger partial charge in [-0.05, 0) is 44.7 Å². The summed E-state index contributed by atoms with van der Waals surface area (Å²) in [6.45, 7) is 3.28. The topological polar surface area (TPSA) is 97.0 Å². The summed E-state index contributed by atoms with van der Waals surface area (Å²) in [7, 11) is 1.75. The number of nitrogens with two attached hydrogens (primary N) is 1. The molecule has 9 heteroatoms. The van der Waals surface area contributed by atoms with Gasteiger partial charge in [-0.2, -0.15) is 0 Å². The molecule has 0 spiro atoms. The van der Waals surface area contributed by atoms with Gasteiger partial charge < -0.3 is 10.6 Å². The first-order valence-electron chi connectivity index (χ1n) is 8.60. The zero-order valence-electron chi connectivity index (χ0n) is 14.9. The Balaban J connectivity index is 0.00000121. The van der Waals surface area contributed by atoms with E-state index in [4.69, 9.17) is 5.73 Å². The third-order valence-electron chi connectivity index (χ3n) is 5.32. The van der Waals surface area contributed by atoms with E-state index < -0.39 is 0 Å². The maximum Gasteiger partial charge on any atom is 0.274 e. The van der Waals surface area contributed by atoms with Crippen molar-refractivity contribution >= 4 is 41.8 Å². The van der Waals surface area contributed by atoms with E-state index in [0.717, 1.165) is 25.0 Å². The molecule has 2 unspecified atom stereocenters. The number of nitrogens with one attached hydrogen (secondary N) is 1. The molecule has 1 saturated carbocycles. The van der Waals surface area contributed by atoms with Crippen LogP contribution in [0.15, 0.2) is 10.9 Å². The third kappa shape index (κ3) is 3.35. The van der Waals surface area contributed by atoms with Gasteiger partial charge in [-0.25, -0.2) is 4.98 Å². The van der Waals surface area contributed by atoms with E-state index in [0.29, 0.717) is 41.5 Å². The number of amides is 1. The number of aryl methyl sites for hydroxylation is 1. The normalized spacial score (nSPS) is 22.2. The summed E-state index contributed by atoms with van der Waals surface area (Å²) in [5.41, 5.74) is 7.49. The summed E-state index contributed by atoms with van der Waals surface area (Å²) in [5, 5.41) is 3.13. The van der Waals surface area contributed by atoms with Gasteiger partial charge in [0.2, 0.25) is 0 Å². The van der Waals surface area contributed by atoms with Crippen LogP contribution < -0.4 is 11.3 Å². The number of fused-ring (bicyclic) bond motifs is 1. The van der Waals surface area contributed by atoms with Crippen LogP contribution in [0.1, 0.15) is 48.2 Å². The maximum atomic E-state index is 13.2. The van der Waals surface area contributed by atoms with Crippen LogP contribution in [0, 0.1) is 5.92 Å². The molecule has 1 aliphatic carbocycles. The summed E-state index contributed by atoms with van der Waals surface area (Å²) in [6.07, 6.45) is 3.11. The molecule has 2 atom stereocenters. The fourth-order valence-electron chi connectivity index (χ4n) is 3.79. The van der Waals surface area contributed by atoms with Gasteiger partial charge in [-0.15, -0.1) is 24.8 Å². The minimum Gasteiger partial charge on any atom is -0.336 e. The van der Waals surface area contributed by atoms with E-state index >= 15 is 0 Å². The first-order chi connectivity index (χ1) is 11.5. The van der Waals surface area contributed by atoms with Crippen molar-refractivity contribution in [3.63, 3.8) is 0 Å². The molecule has 1 amide bonds. The summed E-state index contributed by atoms with van der Waals surface area (Å²) in [6, 6.07) is 1.97. The number of hydrogen-bond acceptors (Lipinski definition) is 4. The van der Waals surface area contributed by atoms with Crippen LogP contribution in [0.2, 0.25) is 0 Å². The molecule has 0 radical (unpaired) electrons. The van der Waals surface area contributed by atoms with E-state index in [1.165, 1.54) is 0 Å². The molecule has 0 bridgehead atoms. The number of H-pyrrole nitrogens is 1. The van der Waals surface area contributed by atoms with Crippen molar-refractivity contribution < 1.29 is 4.79 Å². The predicted octanol–water partition coefficient (Wildman–Crippen LogP) is 1.79. The maximum absolute atomic E-state index is 13.2. The Morgan fingerprint density at radius 1 is 1.38 bits per heavy atom. The number of aromatic amines is 1. The molecule has 144 valence electrons. The molecule has 2 fully saturated rings. The predicted molar refractivity (Wildman–Crippen MR) is 105 cm³/mol. The lowest BCUT2D eigenvalue weighted by Gasteiger charge is -2.22. The Morgan fingerprint density at radius 2 is 2.08 bits per heavy atom. The second-order valence-electron chi connectivity index (χ2n) is 7.21. The van der Waals surface area contributed by atoms with Crippen molar-refractivity contribution in [2.45, 2.75) is 38.1 Å². The second kappa shape index (κ2) is 7.58. The highest BCUT2D eigenvalue weighted by atomic mass is 35.5. The summed E-state index contributed by atoms with van der Waals surface area (Å²) < 4.78 is 1.61. The van der Waals surface area contributed by atoms with Gasteiger partial charge in [-0.1, -0.05) is 0 Å². The average Bonchev–Trinajstić information content (AvgIpc) is 3.29. The number of nitrogens with zero attached hydrogens (tertiary/aromatic N) is 3. The van der Waals surface area contributed by atoms with Crippen LogP contribution in [-0.2, 0) is 7.05 Å². The van der Waals surface area contributed by atoms with Crippen LogP contribution in [0.25, 0.3) is 11.0 Å². The Kier molecular flexibility index (Phi) is 6.05. The highest BCUT2D eigenvalue weighted by Gasteiger charge is 2.35. The van der Waals surface area contributed by atoms with E-state index in [2.05, 4.69) is 10.1 Å². The van der Waals surface area contributed by atoms with E-state index in [-0.39, 0.29) is 42.3 Å². The standard InChI is InChI=1S/C17H23N5O2.2ClH/c1-9-5-10(7-18)8-22(9)17(24)12-6-13(11-3-4-11)19-15-14(12)16(23)20-21(15)2;;/h6,9-11H,3-5,7-8,18H2,1-2H3,(H,20,23);2*1H. The van der Waals surface area contributed by atoms with Gasteiger partial charge in [0.1, 0.15) is 0 Å². The molecular weight excluding hydrogens is 377 g/mol. The number of pyridine rings is 1. The molecule has 0 aromatic carbocycles. The van der Waals surface area contributed by atoms with Crippen molar-refractivity contribution in [1.29, 1.82) is 0 Å². The molecule has 2 aliphatic rings. The fraction of sp³-hybridized carbons (Fsp3) is 0.588. The summed E-state index contributed by atoms with van der Waals surface area (Å²) in [5.74, 6) is 0.668. The van der Waals surface area contributed by atoms with Crippen molar-refractivity contribution in [2.24, 2.45) is 18.7 Å². The van der Waals surface area contributed by atoms with E-state index in [1.54, 1.807) is 11.7 Å². The lowest BCUT2D eigenvalue weighted by Crippen LogP contribution is -2.35. The molecule has 3 heterocycles. The largest absolute Gasteiger partial charge is 0.336 e. The minimum absolute atomic E-state index is 0. The van der Waals surface area contributed by atoms with Crippen LogP contribution >= 0.6 is 24.8 Å². The van der Waals surface area contributed by atoms with Crippen LogP contribution in [0.3, 0.4) is 0 Å². The number of carbonyl (C=O) groups is 1. The van der Waals surface area contributed by atoms with E-state index in [1.807, 2.05) is 17.9 Å². The van der Waals surface area contributed by atoms with Crippen LogP contribution in [0.4, 0.5) is 0 Å². The molecule has 3 N–H and O–H groups in total. The van der Waals surface area contributed by atoms with Gasteiger partial charge in [-0.3, -0.25) is 19.4 Å². The molecule has 7 nitrogen and oxygen atoms in total. The van der Waals surface area contributed by atoms with Crippen molar-refractivity contribution in [3.8, 4) is 0 Å². The number of carbonyl (C=O) groups excluding carboxylic acids is 1. The lowest BCUT2D eigenvalue weighted by atomic mass is 10.1. The zero-order valence-corrected chi connectivity index (χ0v) is 16.5. The highest BCUT2D eigenvalue weighted by Crippen LogP contribution is 2.40. The Labute approximate surface area is 164 Å². The average molecular weight is 402 g/mol. The lowest BCUT2D eigenvalue weighted by molar-refractivity contribution is 0.0745. The van der Waals surface area contributed by atoms with Crippen molar-refractivity contribution in [3.05, 3.63) is 27.7 Å². The smallest absolute Gasteiger partial charge is 0.274 e. The number of likely N-dealkylation sites (tertiary alicyclic amines) is 1. The molecule has 2 aromatic rings. The van der Waals surface area contributed by atoms with Crippen molar-refractivity contribution in [1.82, 2.24) is 19.7 Å². The second-order valence-corrected chi connectivity index (χ2v) is 7.21. The van der Waals surface area contributed by atoms with Gasteiger partial charge in [0.05, 0.1) is 10.9 Å². The van der Waals surface area contributed by atoms with Gasteiger partial charge in [0, 0.05) is 31.2 Å². The van der Waals surface area contributed by atoms with E-state index in [9.17, 15) is 9.59 Å². The SMILES string of the molecule is CC1CC(CN)CN1C(=O)c1cc(C2CC2)nc2c1c(=O)[nH]n2C.Cl.Cl.